The lowest BCUT2D eigenvalue weighted by molar-refractivity contribution is -0.133. The van der Waals surface area contributed by atoms with E-state index in [0.717, 1.165) is 44.4 Å². The van der Waals surface area contributed by atoms with E-state index >= 15 is 0 Å². The summed E-state index contributed by atoms with van der Waals surface area (Å²) in [6, 6.07) is 0. The smallest absolute Gasteiger partial charge is 0.227 e. The molecule has 0 heterocycles. The molecule has 0 aliphatic rings. The molecular formula is C19H40NO3P. The maximum Gasteiger partial charge on any atom is 0.227 e. The molecule has 5 heteroatoms. The van der Waals surface area contributed by atoms with Crippen LogP contribution in [-0.2, 0) is 9.53 Å². The molecule has 0 bridgehead atoms. The van der Waals surface area contributed by atoms with Gasteiger partial charge in [-0.25, -0.2) is 0 Å². The Morgan fingerprint density at radius 3 is 2.29 bits per heavy atom. The van der Waals surface area contributed by atoms with Gasteiger partial charge in [-0.1, -0.05) is 40.5 Å². The standard InChI is InChI=1S/C19H40NO3P/c1-7-13-24(22)14-11-9-10-12-20-17(21)19(5,6)16-23-15-18(3,4)8-2/h22H,7-16H2,1-6H3,(H,20,21). The normalized spacial score (nSPS) is 13.8. The second-order valence-corrected chi connectivity index (χ2v) is 10.1. The van der Waals surface area contributed by atoms with Crippen LogP contribution >= 0.6 is 8.15 Å². The fourth-order valence-electron chi connectivity index (χ4n) is 2.16. The molecule has 1 unspecified atom stereocenters. The van der Waals surface area contributed by atoms with Crippen LogP contribution in [0.25, 0.3) is 0 Å². The van der Waals surface area contributed by atoms with Crippen LogP contribution in [0.15, 0.2) is 0 Å². The van der Waals surface area contributed by atoms with Crippen molar-refractivity contribution in [1.29, 1.82) is 0 Å². The fourth-order valence-corrected chi connectivity index (χ4v) is 3.49. The van der Waals surface area contributed by atoms with Gasteiger partial charge in [0.1, 0.15) is 0 Å². The van der Waals surface area contributed by atoms with Crippen LogP contribution in [0.4, 0.5) is 0 Å². The minimum Gasteiger partial charge on any atom is -0.380 e. The molecule has 0 spiro atoms. The summed E-state index contributed by atoms with van der Waals surface area (Å²) >= 11 is 0. The summed E-state index contributed by atoms with van der Waals surface area (Å²) in [5.74, 6) is 0.0622. The number of rotatable bonds is 14. The van der Waals surface area contributed by atoms with Gasteiger partial charge in [-0.15, -0.1) is 0 Å². The van der Waals surface area contributed by atoms with E-state index in [0.29, 0.717) is 19.8 Å². The average Bonchev–Trinajstić information content (AvgIpc) is 2.50. The third-order valence-corrected chi connectivity index (χ3v) is 6.18. The maximum atomic E-state index is 12.3. The van der Waals surface area contributed by atoms with Crippen molar-refractivity contribution in [3.8, 4) is 0 Å². The summed E-state index contributed by atoms with van der Waals surface area (Å²) in [4.78, 5) is 22.0. The van der Waals surface area contributed by atoms with Crippen LogP contribution in [-0.4, -0.2) is 42.9 Å². The SMILES string of the molecule is CCCP(O)CCCCCNC(=O)C(C)(C)COCC(C)(C)CC. The Balaban J connectivity index is 3.84. The number of hydrogen-bond donors (Lipinski definition) is 2. The van der Waals surface area contributed by atoms with E-state index in [1.165, 1.54) is 0 Å². The highest BCUT2D eigenvalue weighted by Crippen LogP contribution is 2.31. The molecule has 0 radical (unpaired) electrons. The molecule has 2 N–H and O–H groups in total. The van der Waals surface area contributed by atoms with Gasteiger partial charge >= 0.3 is 0 Å². The molecule has 4 nitrogen and oxygen atoms in total. The molecular weight excluding hydrogens is 321 g/mol. The molecule has 144 valence electrons. The Morgan fingerprint density at radius 1 is 1.04 bits per heavy atom. The highest BCUT2D eigenvalue weighted by Gasteiger charge is 2.28. The second kappa shape index (κ2) is 12.2. The molecule has 0 aliphatic carbocycles. The van der Waals surface area contributed by atoms with Crippen molar-refractivity contribution < 1.29 is 14.4 Å². The van der Waals surface area contributed by atoms with Gasteiger partial charge in [0, 0.05) is 14.7 Å². The van der Waals surface area contributed by atoms with Crippen LogP contribution in [0.2, 0.25) is 0 Å². The van der Waals surface area contributed by atoms with Crippen molar-refractivity contribution in [3.05, 3.63) is 0 Å². The zero-order chi connectivity index (χ0) is 18.6. The van der Waals surface area contributed by atoms with Gasteiger partial charge in [0.15, 0.2) is 0 Å². The van der Waals surface area contributed by atoms with Crippen LogP contribution in [0, 0.1) is 10.8 Å². The monoisotopic (exact) mass is 361 g/mol. The Kier molecular flexibility index (Phi) is 12.1. The Hall–Kier alpha value is -0.180. The number of amides is 1. The predicted octanol–water partition coefficient (Wildman–Crippen LogP) is 4.55. The van der Waals surface area contributed by atoms with Crippen LogP contribution in [0.1, 0.15) is 73.6 Å². The highest BCUT2D eigenvalue weighted by molar-refractivity contribution is 7.51. The number of ether oxygens (including phenoxy) is 1. The summed E-state index contributed by atoms with van der Waals surface area (Å²) < 4.78 is 5.78. The van der Waals surface area contributed by atoms with E-state index in [1.54, 1.807) is 0 Å². The van der Waals surface area contributed by atoms with Crippen LogP contribution in [0.3, 0.4) is 0 Å². The summed E-state index contributed by atoms with van der Waals surface area (Å²) in [5, 5.41) is 3.02. The zero-order valence-corrected chi connectivity index (χ0v) is 17.7. The van der Waals surface area contributed by atoms with E-state index in [-0.39, 0.29) is 11.3 Å². The molecule has 0 aromatic carbocycles. The first kappa shape index (κ1) is 23.8. The molecule has 0 aromatic heterocycles. The van der Waals surface area contributed by atoms with Crippen LogP contribution in [0.5, 0.6) is 0 Å². The topological polar surface area (TPSA) is 58.6 Å². The average molecular weight is 362 g/mol. The Bertz CT molecular complexity index is 346. The van der Waals surface area contributed by atoms with Gasteiger partial charge in [-0.3, -0.25) is 4.79 Å². The molecule has 0 aliphatic heterocycles. The number of nitrogens with one attached hydrogen (secondary N) is 1. The first-order chi connectivity index (χ1) is 11.1. The van der Waals surface area contributed by atoms with Crippen molar-refractivity contribution in [2.75, 3.05) is 32.1 Å². The minimum atomic E-state index is -0.755. The van der Waals surface area contributed by atoms with Crippen molar-refractivity contribution >= 4 is 14.1 Å². The van der Waals surface area contributed by atoms with Gasteiger partial charge < -0.3 is 14.9 Å². The van der Waals surface area contributed by atoms with Gasteiger partial charge in [-0.2, -0.15) is 0 Å². The molecule has 0 aromatic rings. The predicted molar refractivity (Wildman–Crippen MR) is 105 cm³/mol. The maximum absolute atomic E-state index is 12.3. The van der Waals surface area contributed by atoms with E-state index < -0.39 is 13.6 Å². The lowest BCUT2D eigenvalue weighted by Crippen LogP contribution is -2.41. The van der Waals surface area contributed by atoms with Gasteiger partial charge in [-0.05, 0) is 50.8 Å². The first-order valence-corrected chi connectivity index (χ1v) is 11.1. The lowest BCUT2D eigenvalue weighted by atomic mass is 9.90. The minimum absolute atomic E-state index is 0.0622. The molecule has 0 saturated heterocycles. The largest absolute Gasteiger partial charge is 0.380 e. The van der Waals surface area contributed by atoms with Crippen molar-refractivity contribution in [2.24, 2.45) is 10.8 Å². The third-order valence-electron chi connectivity index (χ3n) is 4.39. The molecule has 1 amide bonds. The third kappa shape index (κ3) is 11.4. The van der Waals surface area contributed by atoms with Crippen molar-refractivity contribution in [3.63, 3.8) is 0 Å². The number of unbranched alkanes of at least 4 members (excludes halogenated alkanes) is 2. The Labute approximate surface area is 151 Å². The summed E-state index contributed by atoms with van der Waals surface area (Å²) in [6.45, 7) is 14.3. The molecule has 0 fully saturated rings. The zero-order valence-electron chi connectivity index (χ0n) is 16.8. The molecule has 0 rings (SSSR count). The van der Waals surface area contributed by atoms with Gasteiger partial charge in [0.25, 0.3) is 0 Å². The first-order valence-electron chi connectivity index (χ1n) is 9.44. The Morgan fingerprint density at radius 2 is 1.71 bits per heavy atom. The second-order valence-electron chi connectivity index (χ2n) is 8.16. The van der Waals surface area contributed by atoms with Gasteiger partial charge in [0.05, 0.1) is 18.6 Å². The summed E-state index contributed by atoms with van der Waals surface area (Å²) in [5.41, 5.74) is -0.333. The van der Waals surface area contributed by atoms with Gasteiger partial charge in [0.2, 0.25) is 5.91 Å². The number of carbonyl (C=O) groups is 1. The summed E-state index contributed by atoms with van der Waals surface area (Å²) in [6.07, 6.45) is 7.10. The van der Waals surface area contributed by atoms with Crippen molar-refractivity contribution in [2.45, 2.75) is 73.6 Å². The van der Waals surface area contributed by atoms with Crippen LogP contribution < -0.4 is 5.32 Å². The van der Waals surface area contributed by atoms with E-state index in [4.69, 9.17) is 4.74 Å². The molecule has 24 heavy (non-hydrogen) atoms. The quantitative estimate of drug-likeness (QED) is 0.352. The lowest BCUT2D eigenvalue weighted by Gasteiger charge is -2.27. The van der Waals surface area contributed by atoms with Crippen molar-refractivity contribution in [1.82, 2.24) is 5.32 Å². The number of carbonyl (C=O) groups excluding carboxylic acids is 1. The number of hydrogen-bond acceptors (Lipinski definition) is 3. The summed E-state index contributed by atoms with van der Waals surface area (Å²) in [7, 11) is -0.755. The molecule has 1 atom stereocenters. The molecule has 0 saturated carbocycles. The fraction of sp³-hybridized carbons (Fsp3) is 0.947. The highest BCUT2D eigenvalue weighted by atomic mass is 31.1. The van der Waals surface area contributed by atoms with E-state index in [1.807, 2.05) is 13.8 Å². The van der Waals surface area contributed by atoms with E-state index in [2.05, 4.69) is 33.0 Å². The van der Waals surface area contributed by atoms with E-state index in [9.17, 15) is 9.69 Å².